The van der Waals surface area contributed by atoms with Crippen molar-refractivity contribution in [2.75, 3.05) is 6.61 Å². The molecular weight excluding hydrogens is 172 g/mol. The fraction of sp³-hybridized carbons (Fsp3) is 0.889. The highest BCUT2D eigenvalue weighted by Crippen LogP contribution is 2.37. The zero-order chi connectivity index (χ0) is 9.42. The van der Waals surface area contributed by atoms with Crippen LogP contribution >= 0.6 is 0 Å². The first-order valence-corrected chi connectivity index (χ1v) is 4.63. The first kappa shape index (κ1) is 8.97. The topological polar surface area (TPSA) is 55.8 Å². The van der Waals surface area contributed by atoms with Crippen LogP contribution in [0.1, 0.15) is 19.8 Å². The minimum absolute atomic E-state index is 0.0966. The summed E-state index contributed by atoms with van der Waals surface area (Å²) in [4.78, 5) is 10.7. The third kappa shape index (κ3) is 1.69. The Morgan fingerprint density at radius 3 is 3.00 bits per heavy atom. The fourth-order valence-electron chi connectivity index (χ4n) is 2.26. The molecule has 1 heterocycles. The van der Waals surface area contributed by atoms with Crippen LogP contribution in [0.25, 0.3) is 0 Å². The number of aliphatic hydroxyl groups excluding tert-OH is 1. The lowest BCUT2D eigenvalue weighted by atomic mass is 10.0. The number of carbonyl (C=O) groups excluding carboxylic acids is 1. The van der Waals surface area contributed by atoms with Gasteiger partial charge in [-0.25, -0.2) is 0 Å². The van der Waals surface area contributed by atoms with Crippen molar-refractivity contribution < 1.29 is 19.4 Å². The molecule has 4 nitrogen and oxygen atoms in total. The van der Waals surface area contributed by atoms with Crippen LogP contribution in [-0.2, 0) is 14.3 Å². The molecule has 2 rings (SSSR count). The van der Waals surface area contributed by atoms with Crippen LogP contribution in [0.5, 0.6) is 0 Å². The van der Waals surface area contributed by atoms with Gasteiger partial charge < -0.3 is 14.6 Å². The van der Waals surface area contributed by atoms with Gasteiger partial charge in [0.15, 0.2) is 0 Å². The number of rotatable bonds is 1. The van der Waals surface area contributed by atoms with Gasteiger partial charge in [0.2, 0.25) is 0 Å². The third-order valence-electron chi connectivity index (χ3n) is 2.80. The van der Waals surface area contributed by atoms with Crippen LogP contribution in [0.2, 0.25) is 0 Å². The SMILES string of the molecule is CC(=O)O[C@H]1CO[C@@H]2C[C@H](O)C[C@H]12. The van der Waals surface area contributed by atoms with E-state index in [1.807, 2.05) is 0 Å². The summed E-state index contributed by atoms with van der Waals surface area (Å²) in [6.07, 6.45) is 1.05. The standard InChI is InChI=1S/C9H14O4/c1-5(10)13-9-4-12-8-3-6(11)2-7(8)9/h6-9,11H,2-4H2,1H3/t6-,7+,8-,9+/m1/s1. The van der Waals surface area contributed by atoms with Crippen LogP contribution in [0.15, 0.2) is 0 Å². The van der Waals surface area contributed by atoms with Gasteiger partial charge in [0.05, 0.1) is 18.8 Å². The van der Waals surface area contributed by atoms with Gasteiger partial charge in [-0.3, -0.25) is 4.79 Å². The van der Waals surface area contributed by atoms with Crippen LogP contribution in [-0.4, -0.2) is 36.0 Å². The average molecular weight is 186 g/mol. The second kappa shape index (κ2) is 3.27. The van der Waals surface area contributed by atoms with Crippen molar-refractivity contribution in [2.24, 2.45) is 5.92 Å². The predicted octanol–water partition coefficient (Wildman–Crippen LogP) is 0.0878. The van der Waals surface area contributed by atoms with Crippen molar-refractivity contribution in [1.82, 2.24) is 0 Å². The normalized spacial score (nSPS) is 43.2. The first-order valence-electron chi connectivity index (χ1n) is 4.63. The molecule has 1 saturated heterocycles. The van der Waals surface area contributed by atoms with E-state index in [4.69, 9.17) is 9.47 Å². The molecule has 1 aliphatic carbocycles. The van der Waals surface area contributed by atoms with E-state index >= 15 is 0 Å². The Morgan fingerprint density at radius 1 is 1.54 bits per heavy atom. The number of ether oxygens (including phenoxy) is 2. The Bertz CT molecular complexity index is 216. The van der Waals surface area contributed by atoms with Crippen molar-refractivity contribution in [1.29, 1.82) is 0 Å². The molecule has 4 atom stereocenters. The van der Waals surface area contributed by atoms with Crippen molar-refractivity contribution in [3.05, 3.63) is 0 Å². The van der Waals surface area contributed by atoms with Gasteiger partial charge in [-0.05, 0) is 12.8 Å². The van der Waals surface area contributed by atoms with Crippen LogP contribution in [0.4, 0.5) is 0 Å². The van der Waals surface area contributed by atoms with E-state index in [1.165, 1.54) is 6.92 Å². The summed E-state index contributed by atoms with van der Waals surface area (Å²) in [5.74, 6) is -0.0606. The molecule has 4 heteroatoms. The molecule has 0 aromatic carbocycles. The van der Waals surface area contributed by atoms with E-state index in [0.29, 0.717) is 19.4 Å². The van der Waals surface area contributed by atoms with Crippen molar-refractivity contribution in [3.8, 4) is 0 Å². The molecule has 0 aromatic rings. The summed E-state index contributed by atoms with van der Waals surface area (Å²) in [6, 6.07) is 0. The van der Waals surface area contributed by atoms with Gasteiger partial charge in [-0.1, -0.05) is 0 Å². The summed E-state index contributed by atoms with van der Waals surface area (Å²) in [7, 11) is 0. The maximum Gasteiger partial charge on any atom is 0.302 e. The lowest BCUT2D eigenvalue weighted by molar-refractivity contribution is -0.148. The lowest BCUT2D eigenvalue weighted by Crippen LogP contribution is -2.25. The molecule has 1 saturated carbocycles. The second-order valence-electron chi connectivity index (χ2n) is 3.81. The Kier molecular flexibility index (Phi) is 2.26. The molecular formula is C9H14O4. The van der Waals surface area contributed by atoms with Crippen LogP contribution in [0.3, 0.4) is 0 Å². The fourth-order valence-corrected chi connectivity index (χ4v) is 2.26. The number of esters is 1. The van der Waals surface area contributed by atoms with Gasteiger partial charge in [0, 0.05) is 12.8 Å². The van der Waals surface area contributed by atoms with Gasteiger partial charge in [0.25, 0.3) is 0 Å². The maximum absolute atomic E-state index is 10.7. The molecule has 0 amide bonds. The highest BCUT2D eigenvalue weighted by Gasteiger charge is 2.45. The molecule has 0 unspecified atom stereocenters. The summed E-state index contributed by atoms with van der Waals surface area (Å²) >= 11 is 0. The van der Waals surface area contributed by atoms with E-state index in [1.54, 1.807) is 0 Å². The molecule has 74 valence electrons. The van der Waals surface area contributed by atoms with Gasteiger partial charge in [-0.2, -0.15) is 0 Å². The Morgan fingerprint density at radius 2 is 2.31 bits per heavy atom. The van der Waals surface area contributed by atoms with E-state index in [9.17, 15) is 9.90 Å². The molecule has 2 fully saturated rings. The summed E-state index contributed by atoms with van der Waals surface area (Å²) in [6.45, 7) is 1.89. The number of hydrogen-bond donors (Lipinski definition) is 1. The van der Waals surface area contributed by atoms with E-state index in [-0.39, 0.29) is 30.2 Å². The van der Waals surface area contributed by atoms with Crippen LogP contribution < -0.4 is 0 Å². The van der Waals surface area contributed by atoms with E-state index in [0.717, 1.165) is 0 Å². The Hall–Kier alpha value is -0.610. The van der Waals surface area contributed by atoms with Gasteiger partial charge in [0.1, 0.15) is 6.10 Å². The van der Waals surface area contributed by atoms with Crippen molar-refractivity contribution >= 4 is 5.97 Å². The monoisotopic (exact) mass is 186 g/mol. The summed E-state index contributed by atoms with van der Waals surface area (Å²) in [5, 5.41) is 9.37. The molecule has 0 aromatic heterocycles. The van der Waals surface area contributed by atoms with Crippen LogP contribution in [0, 0.1) is 5.92 Å². The number of carbonyl (C=O) groups is 1. The molecule has 1 N–H and O–H groups in total. The molecule has 0 bridgehead atoms. The Balaban J connectivity index is 1.96. The highest BCUT2D eigenvalue weighted by atomic mass is 16.6. The number of fused-ring (bicyclic) bond motifs is 1. The van der Waals surface area contributed by atoms with Gasteiger partial charge in [-0.15, -0.1) is 0 Å². The molecule has 0 spiro atoms. The average Bonchev–Trinajstić information content (AvgIpc) is 2.51. The highest BCUT2D eigenvalue weighted by molar-refractivity contribution is 5.66. The minimum Gasteiger partial charge on any atom is -0.460 e. The second-order valence-corrected chi connectivity index (χ2v) is 3.81. The Labute approximate surface area is 76.8 Å². The third-order valence-corrected chi connectivity index (χ3v) is 2.80. The number of aliphatic hydroxyl groups is 1. The quantitative estimate of drug-likeness (QED) is 0.589. The van der Waals surface area contributed by atoms with Gasteiger partial charge >= 0.3 is 5.97 Å². The van der Waals surface area contributed by atoms with E-state index in [2.05, 4.69) is 0 Å². The minimum atomic E-state index is -0.284. The summed E-state index contributed by atoms with van der Waals surface area (Å²) < 4.78 is 10.5. The zero-order valence-corrected chi connectivity index (χ0v) is 7.60. The first-order chi connectivity index (χ1) is 6.16. The largest absolute Gasteiger partial charge is 0.460 e. The van der Waals surface area contributed by atoms with E-state index < -0.39 is 0 Å². The molecule has 1 aliphatic heterocycles. The van der Waals surface area contributed by atoms with Crippen molar-refractivity contribution in [3.63, 3.8) is 0 Å². The molecule has 2 aliphatic rings. The maximum atomic E-state index is 10.7. The number of hydrogen-bond acceptors (Lipinski definition) is 4. The molecule has 0 radical (unpaired) electrons. The smallest absolute Gasteiger partial charge is 0.302 e. The molecule has 13 heavy (non-hydrogen) atoms. The zero-order valence-electron chi connectivity index (χ0n) is 7.60. The summed E-state index contributed by atoms with van der Waals surface area (Å²) in [5.41, 5.74) is 0. The predicted molar refractivity (Wildman–Crippen MR) is 44.0 cm³/mol. The van der Waals surface area contributed by atoms with Crippen molar-refractivity contribution in [2.45, 2.75) is 38.1 Å². The lowest BCUT2D eigenvalue weighted by Gasteiger charge is -2.15.